The van der Waals surface area contributed by atoms with Crippen LogP contribution >= 0.6 is 0 Å². The zero-order valence-corrected chi connectivity index (χ0v) is 15.3. The Kier molecular flexibility index (Phi) is 3.73. The molecule has 4 aromatic carbocycles. The van der Waals surface area contributed by atoms with Crippen molar-refractivity contribution < 1.29 is 5.11 Å². The van der Waals surface area contributed by atoms with E-state index in [-0.39, 0.29) is 0 Å². The van der Waals surface area contributed by atoms with Crippen LogP contribution in [0.15, 0.2) is 84.9 Å². The van der Waals surface area contributed by atoms with E-state index in [4.69, 9.17) is 0 Å². The van der Waals surface area contributed by atoms with E-state index in [1.165, 1.54) is 21.8 Å². The molecule has 0 aliphatic heterocycles. The average molecular weight is 351 g/mol. The van der Waals surface area contributed by atoms with Gasteiger partial charge in [-0.3, -0.25) is 0 Å². The van der Waals surface area contributed by atoms with Gasteiger partial charge in [-0.25, -0.2) is 0 Å². The van der Waals surface area contributed by atoms with Gasteiger partial charge in [0.2, 0.25) is 0 Å². The van der Waals surface area contributed by atoms with Crippen LogP contribution in [-0.2, 0) is 6.54 Å². The van der Waals surface area contributed by atoms with Gasteiger partial charge in [-0.2, -0.15) is 0 Å². The summed E-state index contributed by atoms with van der Waals surface area (Å²) in [6.45, 7) is 3.10. The van der Waals surface area contributed by atoms with Crippen LogP contribution in [0.5, 0.6) is 0 Å². The van der Waals surface area contributed by atoms with Crippen molar-refractivity contribution in [2.75, 3.05) is 0 Å². The van der Waals surface area contributed by atoms with E-state index in [9.17, 15) is 5.11 Å². The molecule has 132 valence electrons. The first kappa shape index (κ1) is 16.1. The fraction of sp³-hybridized carbons (Fsp3) is 0.120. The maximum Gasteiger partial charge on any atom is 0.105 e. The summed E-state index contributed by atoms with van der Waals surface area (Å²) >= 11 is 0. The molecule has 2 nitrogen and oxygen atoms in total. The number of aliphatic hydroxyl groups excluding tert-OH is 1. The number of rotatable bonds is 3. The Morgan fingerprint density at radius 2 is 1.44 bits per heavy atom. The van der Waals surface area contributed by atoms with E-state index >= 15 is 0 Å². The highest BCUT2D eigenvalue weighted by atomic mass is 16.3. The number of aryl methyl sites for hydroxylation is 1. The molecule has 2 heteroatoms. The van der Waals surface area contributed by atoms with Crippen molar-refractivity contribution in [2.24, 2.45) is 0 Å². The summed E-state index contributed by atoms with van der Waals surface area (Å²) < 4.78 is 2.33. The highest BCUT2D eigenvalue weighted by Gasteiger charge is 2.16. The minimum atomic E-state index is -0.649. The first-order valence-corrected chi connectivity index (χ1v) is 9.44. The van der Waals surface area contributed by atoms with Crippen LogP contribution in [-0.4, -0.2) is 9.67 Å². The van der Waals surface area contributed by atoms with Crippen LogP contribution in [0.3, 0.4) is 0 Å². The van der Waals surface area contributed by atoms with Gasteiger partial charge in [0, 0.05) is 28.4 Å². The molecular weight excluding hydrogens is 330 g/mol. The fourth-order valence-corrected chi connectivity index (χ4v) is 4.25. The largest absolute Gasteiger partial charge is 0.384 e. The van der Waals surface area contributed by atoms with E-state index in [1.54, 1.807) is 0 Å². The summed E-state index contributed by atoms with van der Waals surface area (Å²) in [5.74, 6) is 0. The molecule has 5 aromatic rings. The molecule has 0 radical (unpaired) electrons. The quantitative estimate of drug-likeness (QED) is 0.420. The van der Waals surface area contributed by atoms with E-state index in [1.807, 2.05) is 24.3 Å². The van der Waals surface area contributed by atoms with E-state index in [0.29, 0.717) is 0 Å². The number of fused-ring (bicyclic) bond motifs is 4. The molecular formula is C25H21NO. The van der Waals surface area contributed by atoms with Gasteiger partial charge in [-0.1, -0.05) is 66.7 Å². The molecule has 0 spiro atoms. The SMILES string of the molecule is CCn1c2ccccc2c2cc(C(O)c3cccc4ccccc34)ccc21. The molecule has 5 rings (SSSR count). The lowest BCUT2D eigenvalue weighted by Crippen LogP contribution is -2.01. The number of hydrogen-bond donors (Lipinski definition) is 1. The minimum Gasteiger partial charge on any atom is -0.384 e. The van der Waals surface area contributed by atoms with Crippen LogP contribution in [0, 0.1) is 0 Å². The third-order valence-corrected chi connectivity index (χ3v) is 5.55. The molecule has 0 amide bonds. The van der Waals surface area contributed by atoms with Crippen LogP contribution in [0.25, 0.3) is 32.6 Å². The highest BCUT2D eigenvalue weighted by molar-refractivity contribution is 6.08. The molecule has 0 saturated heterocycles. The number of hydrogen-bond acceptors (Lipinski definition) is 1. The number of aliphatic hydroxyl groups is 1. The highest BCUT2D eigenvalue weighted by Crippen LogP contribution is 2.34. The number of para-hydroxylation sites is 1. The topological polar surface area (TPSA) is 25.2 Å². The molecule has 1 heterocycles. The average Bonchev–Trinajstić information content (AvgIpc) is 3.05. The van der Waals surface area contributed by atoms with Crippen molar-refractivity contribution >= 4 is 32.6 Å². The summed E-state index contributed by atoms with van der Waals surface area (Å²) in [5.41, 5.74) is 4.34. The second-order valence-corrected chi connectivity index (χ2v) is 7.01. The van der Waals surface area contributed by atoms with E-state index in [2.05, 4.69) is 72.2 Å². The smallest absolute Gasteiger partial charge is 0.105 e. The Morgan fingerprint density at radius 1 is 0.741 bits per heavy atom. The van der Waals surface area contributed by atoms with Gasteiger partial charge in [-0.15, -0.1) is 0 Å². The fourth-order valence-electron chi connectivity index (χ4n) is 4.25. The van der Waals surface area contributed by atoms with Gasteiger partial charge < -0.3 is 9.67 Å². The monoisotopic (exact) mass is 351 g/mol. The first-order chi connectivity index (χ1) is 13.3. The van der Waals surface area contributed by atoms with E-state index < -0.39 is 6.10 Å². The number of benzene rings is 4. The molecule has 0 saturated carbocycles. The molecule has 0 aliphatic rings. The number of aromatic nitrogens is 1. The second kappa shape index (κ2) is 6.26. The molecule has 0 fully saturated rings. The Bertz CT molecular complexity index is 1280. The normalized spacial score (nSPS) is 12.8. The molecule has 27 heavy (non-hydrogen) atoms. The molecule has 0 bridgehead atoms. The number of nitrogens with zero attached hydrogens (tertiary/aromatic N) is 1. The van der Waals surface area contributed by atoms with Crippen molar-refractivity contribution in [3.63, 3.8) is 0 Å². The molecule has 1 atom stereocenters. The Balaban J connectivity index is 1.72. The lowest BCUT2D eigenvalue weighted by atomic mass is 9.95. The maximum absolute atomic E-state index is 11.2. The van der Waals surface area contributed by atoms with Gasteiger partial charge in [0.1, 0.15) is 6.10 Å². The minimum absolute atomic E-state index is 0.649. The molecule has 1 N–H and O–H groups in total. The summed E-state index contributed by atoms with van der Waals surface area (Å²) in [6.07, 6.45) is -0.649. The third kappa shape index (κ3) is 2.45. The van der Waals surface area contributed by atoms with Crippen molar-refractivity contribution in [2.45, 2.75) is 19.6 Å². The van der Waals surface area contributed by atoms with Crippen LogP contribution < -0.4 is 0 Å². The molecule has 1 aromatic heterocycles. The third-order valence-electron chi connectivity index (χ3n) is 5.55. The first-order valence-electron chi connectivity index (χ1n) is 9.44. The zero-order chi connectivity index (χ0) is 18.4. The van der Waals surface area contributed by atoms with Crippen molar-refractivity contribution in [3.8, 4) is 0 Å². The summed E-state index contributed by atoms with van der Waals surface area (Å²) in [4.78, 5) is 0. The van der Waals surface area contributed by atoms with Gasteiger partial charge in [0.15, 0.2) is 0 Å². The van der Waals surface area contributed by atoms with Crippen LogP contribution in [0.2, 0.25) is 0 Å². The van der Waals surface area contributed by atoms with Gasteiger partial charge in [0.25, 0.3) is 0 Å². The predicted octanol–water partition coefficient (Wildman–Crippen LogP) is 6.05. The molecule has 0 aliphatic carbocycles. The lowest BCUT2D eigenvalue weighted by molar-refractivity contribution is 0.222. The lowest BCUT2D eigenvalue weighted by Gasteiger charge is -2.15. The van der Waals surface area contributed by atoms with Gasteiger partial charge in [-0.05, 0) is 47.0 Å². The van der Waals surface area contributed by atoms with Gasteiger partial charge >= 0.3 is 0 Å². The van der Waals surface area contributed by atoms with Crippen LogP contribution in [0.1, 0.15) is 24.2 Å². The summed E-state index contributed by atoms with van der Waals surface area (Å²) in [7, 11) is 0. The van der Waals surface area contributed by atoms with E-state index in [0.717, 1.165) is 28.4 Å². The van der Waals surface area contributed by atoms with Crippen LogP contribution in [0.4, 0.5) is 0 Å². The summed E-state index contributed by atoms with van der Waals surface area (Å²) in [5, 5.41) is 15.9. The predicted molar refractivity (Wildman–Crippen MR) is 113 cm³/mol. The molecule has 1 unspecified atom stereocenters. The Labute approximate surface area is 158 Å². The zero-order valence-electron chi connectivity index (χ0n) is 15.3. The Morgan fingerprint density at radius 3 is 2.30 bits per heavy atom. The summed E-state index contributed by atoms with van der Waals surface area (Å²) in [6, 6.07) is 29.2. The Hall–Kier alpha value is -3.10. The van der Waals surface area contributed by atoms with Crippen molar-refractivity contribution in [1.29, 1.82) is 0 Å². The maximum atomic E-state index is 11.2. The standard InChI is InChI=1S/C25H21NO/c1-2-26-23-13-6-5-11-20(23)22-16-18(14-15-24(22)26)25(27)21-12-7-9-17-8-3-4-10-19(17)21/h3-16,25,27H,2H2,1H3. The second-order valence-electron chi connectivity index (χ2n) is 7.01. The van der Waals surface area contributed by atoms with Crippen molar-refractivity contribution in [1.82, 2.24) is 4.57 Å². The van der Waals surface area contributed by atoms with Crippen molar-refractivity contribution in [3.05, 3.63) is 96.1 Å². The van der Waals surface area contributed by atoms with Gasteiger partial charge in [0.05, 0.1) is 0 Å².